The lowest BCUT2D eigenvalue weighted by Crippen LogP contribution is -2.41. The summed E-state index contributed by atoms with van der Waals surface area (Å²) in [6, 6.07) is 0. The number of carbonyl (C=O) groups is 2. The third kappa shape index (κ3) is 3.71. The molecule has 0 aromatic carbocycles. The Labute approximate surface area is 81.1 Å². The van der Waals surface area contributed by atoms with E-state index < -0.39 is 30.3 Å². The molecule has 0 bridgehead atoms. The predicted octanol–water partition coefficient (Wildman–Crippen LogP) is -0.866. The highest BCUT2D eigenvalue weighted by molar-refractivity contribution is 5.84. The number of carbonyl (C=O) groups excluding carboxylic acids is 1. The second-order valence-electron chi connectivity index (χ2n) is 2.88. The maximum absolute atomic E-state index is 11.0. The lowest BCUT2D eigenvalue weighted by atomic mass is 10.2. The van der Waals surface area contributed by atoms with Gasteiger partial charge in [-0.2, -0.15) is 0 Å². The highest BCUT2D eigenvalue weighted by Gasteiger charge is 2.31. The van der Waals surface area contributed by atoms with Crippen molar-refractivity contribution in [3.8, 4) is 0 Å². The Balaban J connectivity index is 4.18. The summed E-state index contributed by atoms with van der Waals surface area (Å²) < 4.78 is 4.62. The van der Waals surface area contributed by atoms with Gasteiger partial charge in [0, 0.05) is 0 Å². The molecular weight excluding hydrogens is 192 g/mol. The molecule has 0 heterocycles. The fraction of sp³-hybridized carbons (Fsp3) is 0.750. The molecule has 0 aromatic rings. The number of aliphatic hydroxyl groups is 2. The normalized spacial score (nSPS) is 16.9. The van der Waals surface area contributed by atoms with E-state index in [2.05, 4.69) is 4.74 Å². The minimum atomic E-state index is -2.15. The van der Waals surface area contributed by atoms with E-state index in [0.29, 0.717) is 6.42 Å². The van der Waals surface area contributed by atoms with Crippen molar-refractivity contribution in [1.29, 1.82) is 0 Å². The first-order valence-electron chi connectivity index (χ1n) is 4.19. The van der Waals surface area contributed by atoms with E-state index >= 15 is 0 Å². The van der Waals surface area contributed by atoms with E-state index in [1.54, 1.807) is 13.8 Å². The molecule has 0 aromatic heterocycles. The molecule has 0 aliphatic carbocycles. The summed E-state index contributed by atoms with van der Waals surface area (Å²) in [5.41, 5.74) is 0. The second-order valence-corrected chi connectivity index (χ2v) is 2.88. The lowest BCUT2D eigenvalue weighted by molar-refractivity contribution is -0.173. The molecule has 0 aliphatic rings. The van der Waals surface area contributed by atoms with Gasteiger partial charge >= 0.3 is 11.9 Å². The van der Waals surface area contributed by atoms with Crippen LogP contribution in [0, 0.1) is 0 Å². The van der Waals surface area contributed by atoms with Crippen molar-refractivity contribution in [3.05, 3.63) is 0 Å². The summed E-state index contributed by atoms with van der Waals surface area (Å²) in [5.74, 6) is -2.80. The van der Waals surface area contributed by atoms with E-state index in [1.807, 2.05) is 0 Å². The number of aliphatic carboxylic acids is 1. The first kappa shape index (κ1) is 12.9. The number of carboxylic acid groups (broad SMARTS) is 1. The van der Waals surface area contributed by atoms with E-state index in [4.69, 9.17) is 15.3 Å². The molecule has 3 N–H and O–H groups in total. The molecule has 14 heavy (non-hydrogen) atoms. The molecule has 1 unspecified atom stereocenters. The smallest absolute Gasteiger partial charge is 0.338 e. The van der Waals surface area contributed by atoms with Crippen LogP contribution >= 0.6 is 0 Å². The zero-order chi connectivity index (χ0) is 11.3. The van der Waals surface area contributed by atoms with Gasteiger partial charge in [-0.25, -0.2) is 9.59 Å². The molecule has 6 heteroatoms. The fourth-order valence-corrected chi connectivity index (χ4v) is 0.615. The largest absolute Gasteiger partial charge is 0.479 e. The van der Waals surface area contributed by atoms with E-state index in [1.165, 1.54) is 0 Å². The average Bonchev–Trinajstić information content (AvgIpc) is 2.14. The van der Waals surface area contributed by atoms with Gasteiger partial charge in [-0.15, -0.1) is 0 Å². The van der Waals surface area contributed by atoms with Gasteiger partial charge in [0.25, 0.3) is 0 Å². The molecule has 0 rings (SSSR count). The molecule has 0 saturated carbocycles. The minimum absolute atomic E-state index is 0.418. The number of hydrogen-bond acceptors (Lipinski definition) is 5. The summed E-state index contributed by atoms with van der Waals surface area (Å²) in [6.07, 6.45) is -4.06. The lowest BCUT2D eigenvalue weighted by Gasteiger charge is -2.16. The van der Waals surface area contributed by atoms with Crippen LogP contribution in [-0.4, -0.2) is 45.6 Å². The highest BCUT2D eigenvalue weighted by atomic mass is 16.6. The highest BCUT2D eigenvalue weighted by Crippen LogP contribution is 2.02. The minimum Gasteiger partial charge on any atom is -0.479 e. The summed E-state index contributed by atoms with van der Waals surface area (Å²) in [4.78, 5) is 21.1. The monoisotopic (exact) mass is 206 g/mol. The van der Waals surface area contributed by atoms with Crippen LogP contribution in [0.2, 0.25) is 0 Å². The molecule has 0 aliphatic heterocycles. The summed E-state index contributed by atoms with van der Waals surface area (Å²) in [6.45, 7) is 3.36. The molecule has 3 atom stereocenters. The van der Waals surface area contributed by atoms with Crippen LogP contribution in [-0.2, 0) is 14.3 Å². The first-order valence-corrected chi connectivity index (χ1v) is 4.19. The number of esters is 1. The van der Waals surface area contributed by atoms with Crippen molar-refractivity contribution < 1.29 is 29.6 Å². The van der Waals surface area contributed by atoms with Crippen molar-refractivity contribution in [2.75, 3.05) is 0 Å². The SMILES string of the molecule is CCC(C)OC(=O)[C@@H](O)[C@H](O)C(=O)O. The Morgan fingerprint density at radius 3 is 2.14 bits per heavy atom. The van der Waals surface area contributed by atoms with E-state index in [-0.39, 0.29) is 0 Å². The predicted molar refractivity (Wildman–Crippen MR) is 45.5 cm³/mol. The zero-order valence-corrected chi connectivity index (χ0v) is 8.01. The number of aliphatic hydroxyl groups excluding tert-OH is 2. The molecule has 6 nitrogen and oxygen atoms in total. The van der Waals surface area contributed by atoms with E-state index in [0.717, 1.165) is 0 Å². The Bertz CT molecular complexity index is 214. The van der Waals surface area contributed by atoms with Gasteiger partial charge in [0.2, 0.25) is 0 Å². The summed E-state index contributed by atoms with van der Waals surface area (Å²) >= 11 is 0. The van der Waals surface area contributed by atoms with Crippen LogP contribution < -0.4 is 0 Å². The molecule has 0 saturated heterocycles. The van der Waals surface area contributed by atoms with Crippen molar-refractivity contribution in [2.45, 2.75) is 38.6 Å². The van der Waals surface area contributed by atoms with Gasteiger partial charge in [-0.1, -0.05) is 6.92 Å². The maximum atomic E-state index is 11.0. The van der Waals surface area contributed by atoms with Crippen LogP contribution in [0.25, 0.3) is 0 Å². The second kappa shape index (κ2) is 5.56. The van der Waals surface area contributed by atoms with Crippen LogP contribution in [0.4, 0.5) is 0 Å². The Kier molecular flexibility index (Phi) is 5.11. The third-order valence-corrected chi connectivity index (χ3v) is 1.69. The number of rotatable bonds is 5. The molecular formula is C8H14O6. The van der Waals surface area contributed by atoms with Crippen LogP contribution in [0.1, 0.15) is 20.3 Å². The van der Waals surface area contributed by atoms with Crippen LogP contribution in [0.15, 0.2) is 0 Å². The Morgan fingerprint density at radius 1 is 1.29 bits per heavy atom. The third-order valence-electron chi connectivity index (χ3n) is 1.69. The molecule has 0 fully saturated rings. The van der Waals surface area contributed by atoms with Crippen LogP contribution in [0.3, 0.4) is 0 Å². The molecule has 0 amide bonds. The van der Waals surface area contributed by atoms with Gasteiger partial charge in [0.1, 0.15) is 0 Å². The number of carboxylic acids is 1. The van der Waals surface area contributed by atoms with Crippen molar-refractivity contribution in [1.82, 2.24) is 0 Å². The fourth-order valence-electron chi connectivity index (χ4n) is 0.615. The number of ether oxygens (including phenoxy) is 1. The summed E-state index contributed by atoms with van der Waals surface area (Å²) in [7, 11) is 0. The van der Waals surface area contributed by atoms with Gasteiger partial charge < -0.3 is 20.1 Å². The molecule has 0 radical (unpaired) electrons. The maximum Gasteiger partial charge on any atom is 0.338 e. The van der Waals surface area contributed by atoms with Crippen molar-refractivity contribution in [3.63, 3.8) is 0 Å². The molecule has 0 spiro atoms. The van der Waals surface area contributed by atoms with E-state index in [9.17, 15) is 9.59 Å². The van der Waals surface area contributed by atoms with Crippen LogP contribution in [0.5, 0.6) is 0 Å². The van der Waals surface area contributed by atoms with Crippen molar-refractivity contribution >= 4 is 11.9 Å². The van der Waals surface area contributed by atoms with Gasteiger partial charge in [-0.3, -0.25) is 0 Å². The molecule has 82 valence electrons. The Hall–Kier alpha value is -1.14. The standard InChI is InChI=1S/C8H14O6/c1-3-4(2)14-8(13)6(10)5(9)7(11)12/h4-6,9-10H,3H2,1-2H3,(H,11,12)/t4?,5-,6-/m0/s1. The quantitative estimate of drug-likeness (QED) is 0.505. The Morgan fingerprint density at radius 2 is 1.79 bits per heavy atom. The number of hydrogen-bond donors (Lipinski definition) is 3. The summed E-state index contributed by atoms with van der Waals surface area (Å²) in [5, 5.41) is 26.1. The topological polar surface area (TPSA) is 104 Å². The van der Waals surface area contributed by atoms with Gasteiger partial charge in [-0.05, 0) is 13.3 Å². The first-order chi connectivity index (χ1) is 6.40. The van der Waals surface area contributed by atoms with Gasteiger partial charge in [0.05, 0.1) is 6.10 Å². The van der Waals surface area contributed by atoms with Gasteiger partial charge in [0.15, 0.2) is 12.2 Å². The zero-order valence-electron chi connectivity index (χ0n) is 8.01. The average molecular weight is 206 g/mol. The van der Waals surface area contributed by atoms with Crippen molar-refractivity contribution in [2.24, 2.45) is 0 Å².